The molecule has 2 atom stereocenters. The molecule has 0 aliphatic carbocycles. The van der Waals surface area contributed by atoms with Crippen LogP contribution >= 0.6 is 0 Å². The summed E-state index contributed by atoms with van der Waals surface area (Å²) in [5.41, 5.74) is 2.37. The van der Waals surface area contributed by atoms with E-state index in [1.54, 1.807) is 0 Å². The summed E-state index contributed by atoms with van der Waals surface area (Å²) in [6, 6.07) is 19.7. The molecule has 0 spiro atoms. The Balaban J connectivity index is 0.993. The van der Waals surface area contributed by atoms with Crippen LogP contribution in [0.1, 0.15) is 18.9 Å². The first-order chi connectivity index (χ1) is 19.4. The minimum Gasteiger partial charge on any atom is -0.493 e. The van der Waals surface area contributed by atoms with Crippen molar-refractivity contribution in [2.24, 2.45) is 5.92 Å². The van der Waals surface area contributed by atoms with E-state index < -0.39 is 17.2 Å². The second-order valence-corrected chi connectivity index (χ2v) is 10.6. The third-order valence-electron chi connectivity index (χ3n) is 7.83. The van der Waals surface area contributed by atoms with Crippen LogP contribution in [0.4, 0.5) is 20.2 Å². The largest absolute Gasteiger partial charge is 0.493 e. The number of hydrogen-bond acceptors (Lipinski definition) is 6. The lowest BCUT2D eigenvalue weighted by molar-refractivity contribution is 0.0121. The highest BCUT2D eigenvalue weighted by atomic mass is 19.1. The second kappa shape index (κ2) is 10.8. The van der Waals surface area contributed by atoms with Crippen LogP contribution in [0.25, 0.3) is 5.69 Å². The zero-order valence-electron chi connectivity index (χ0n) is 22.2. The normalized spacial score (nSPS) is 21.1. The minimum absolute atomic E-state index is 0.108. The number of nitrogens with one attached hydrogen (secondary N) is 1. The lowest BCUT2D eigenvalue weighted by Crippen LogP contribution is -2.46. The molecular weight excluding hydrogens is 516 g/mol. The molecule has 0 amide bonds. The van der Waals surface area contributed by atoms with Crippen molar-refractivity contribution in [3.05, 3.63) is 101 Å². The number of aromatic nitrogens is 3. The van der Waals surface area contributed by atoms with Crippen LogP contribution in [0, 0.1) is 17.6 Å². The summed E-state index contributed by atoms with van der Waals surface area (Å²) in [4.78, 5) is 16.5. The van der Waals surface area contributed by atoms with Gasteiger partial charge in [0.25, 0.3) is 0 Å². The van der Waals surface area contributed by atoms with Gasteiger partial charge in [0.05, 0.1) is 24.5 Å². The van der Waals surface area contributed by atoms with E-state index in [1.807, 2.05) is 43.3 Å². The number of ether oxygens (including phenoxy) is 2. The number of piperazine rings is 1. The molecule has 8 nitrogen and oxygen atoms in total. The van der Waals surface area contributed by atoms with Crippen LogP contribution in [0.3, 0.4) is 0 Å². The molecule has 0 saturated carbocycles. The number of hydrogen-bond donors (Lipinski definition) is 1. The van der Waals surface area contributed by atoms with Crippen molar-refractivity contribution in [2.75, 3.05) is 49.2 Å². The van der Waals surface area contributed by atoms with Gasteiger partial charge in [0.2, 0.25) is 0 Å². The fourth-order valence-electron chi connectivity index (χ4n) is 5.63. The van der Waals surface area contributed by atoms with E-state index in [1.165, 1.54) is 23.0 Å². The Morgan fingerprint density at radius 2 is 1.57 bits per heavy atom. The molecule has 2 aliphatic rings. The average Bonchev–Trinajstić information content (AvgIpc) is 3.58. The highest BCUT2D eigenvalue weighted by Gasteiger charge is 2.40. The third-order valence-corrected chi connectivity index (χ3v) is 7.83. The maximum atomic E-state index is 14.3. The van der Waals surface area contributed by atoms with Crippen LogP contribution in [0.2, 0.25) is 0 Å². The number of aromatic amines is 1. The van der Waals surface area contributed by atoms with Crippen LogP contribution in [0.5, 0.6) is 5.75 Å². The highest BCUT2D eigenvalue weighted by Crippen LogP contribution is 2.40. The smallest absolute Gasteiger partial charge is 0.347 e. The molecule has 2 aliphatic heterocycles. The summed E-state index contributed by atoms with van der Waals surface area (Å²) < 4.78 is 41.1. The summed E-state index contributed by atoms with van der Waals surface area (Å²) >= 11 is 0. The Kier molecular flexibility index (Phi) is 7.02. The Bertz CT molecular complexity index is 1510. The number of benzene rings is 3. The summed E-state index contributed by atoms with van der Waals surface area (Å²) in [7, 11) is 0. The molecule has 0 unspecified atom stereocenters. The monoisotopic (exact) mass is 547 g/mol. The first-order valence-electron chi connectivity index (χ1n) is 13.4. The quantitative estimate of drug-likeness (QED) is 0.368. The van der Waals surface area contributed by atoms with E-state index in [4.69, 9.17) is 9.47 Å². The molecule has 0 bridgehead atoms. The van der Waals surface area contributed by atoms with E-state index in [-0.39, 0.29) is 11.6 Å². The zero-order valence-corrected chi connectivity index (χ0v) is 22.2. The molecule has 3 heterocycles. The fourth-order valence-corrected chi connectivity index (χ4v) is 5.63. The number of rotatable bonds is 7. The van der Waals surface area contributed by atoms with Gasteiger partial charge in [-0.25, -0.2) is 23.2 Å². The predicted molar refractivity (Wildman–Crippen MR) is 148 cm³/mol. The molecule has 2 saturated heterocycles. The van der Waals surface area contributed by atoms with Crippen molar-refractivity contribution in [1.82, 2.24) is 14.8 Å². The van der Waals surface area contributed by atoms with E-state index in [9.17, 15) is 13.6 Å². The molecule has 6 rings (SSSR count). The molecule has 10 heteroatoms. The number of halogens is 2. The Labute approximate surface area is 230 Å². The SMILES string of the molecule is C[C@]1(c2ccc(F)cc2F)C[C@H](COc2ccc(N3CCN(c4ccc(-n5cn[nH]c5=O)cc4)CC3)cc2)CO1. The standard InChI is InChI=1S/C30H31F2N5O3/c1-30(27-11-2-22(31)16-28(27)32)17-21(19-40-30)18-39-26-9-7-24(8-10-26)36-14-12-35(13-15-36)23-3-5-25(6-4-23)37-20-33-34-29(37)38/h2-11,16,20-21H,12-15,17-19H2,1H3,(H,34,38)/t21-,30-/m1/s1. The van der Waals surface area contributed by atoms with Gasteiger partial charge < -0.3 is 19.3 Å². The lowest BCUT2D eigenvalue weighted by atomic mass is 9.89. The summed E-state index contributed by atoms with van der Waals surface area (Å²) in [5.74, 6) is -0.288. The van der Waals surface area contributed by atoms with Gasteiger partial charge in [0.1, 0.15) is 23.7 Å². The van der Waals surface area contributed by atoms with Gasteiger partial charge in [-0.3, -0.25) is 0 Å². The molecule has 0 radical (unpaired) electrons. The summed E-state index contributed by atoms with van der Waals surface area (Å²) in [6.07, 6.45) is 2.08. The second-order valence-electron chi connectivity index (χ2n) is 10.6. The molecule has 2 fully saturated rings. The maximum Gasteiger partial charge on any atom is 0.347 e. The van der Waals surface area contributed by atoms with Crippen LogP contribution in [0.15, 0.2) is 77.9 Å². The van der Waals surface area contributed by atoms with Crippen LogP contribution in [-0.4, -0.2) is 54.2 Å². The molecule has 4 aromatic rings. The Morgan fingerprint density at radius 3 is 2.17 bits per heavy atom. The topological polar surface area (TPSA) is 75.6 Å². The predicted octanol–water partition coefficient (Wildman–Crippen LogP) is 4.50. The number of anilines is 2. The van der Waals surface area contributed by atoms with Crippen molar-refractivity contribution in [1.29, 1.82) is 0 Å². The molecular formula is C30H31F2N5O3. The third kappa shape index (κ3) is 5.31. The molecule has 1 N–H and O–H groups in total. The van der Waals surface area contributed by atoms with Gasteiger partial charge in [-0.05, 0) is 67.9 Å². The van der Waals surface area contributed by atoms with Gasteiger partial charge >= 0.3 is 5.69 Å². The lowest BCUT2D eigenvalue weighted by Gasteiger charge is -2.37. The van der Waals surface area contributed by atoms with E-state index >= 15 is 0 Å². The van der Waals surface area contributed by atoms with Crippen LogP contribution in [-0.2, 0) is 10.3 Å². The zero-order chi connectivity index (χ0) is 27.7. The maximum absolute atomic E-state index is 14.3. The minimum atomic E-state index is -0.793. The number of H-pyrrole nitrogens is 1. The van der Waals surface area contributed by atoms with Crippen LogP contribution < -0.4 is 20.2 Å². The Morgan fingerprint density at radius 1 is 0.950 bits per heavy atom. The van der Waals surface area contributed by atoms with E-state index in [0.29, 0.717) is 25.2 Å². The molecule has 40 heavy (non-hydrogen) atoms. The van der Waals surface area contributed by atoms with Gasteiger partial charge in [0.15, 0.2) is 0 Å². The van der Waals surface area contributed by atoms with Gasteiger partial charge in [-0.2, -0.15) is 5.10 Å². The van der Waals surface area contributed by atoms with Crippen molar-refractivity contribution in [2.45, 2.75) is 18.9 Å². The van der Waals surface area contributed by atoms with Gasteiger partial charge in [-0.1, -0.05) is 6.07 Å². The summed E-state index contributed by atoms with van der Waals surface area (Å²) in [6.45, 7) is 6.32. The highest BCUT2D eigenvalue weighted by molar-refractivity contribution is 5.54. The number of nitrogens with zero attached hydrogens (tertiary/aromatic N) is 4. The van der Waals surface area contributed by atoms with Crippen molar-refractivity contribution >= 4 is 11.4 Å². The Hall–Kier alpha value is -4.18. The van der Waals surface area contributed by atoms with E-state index in [0.717, 1.165) is 55.1 Å². The van der Waals surface area contributed by atoms with Gasteiger partial charge in [-0.15, -0.1) is 0 Å². The molecule has 1 aromatic heterocycles. The average molecular weight is 548 g/mol. The van der Waals surface area contributed by atoms with E-state index in [2.05, 4.69) is 32.1 Å². The molecule has 208 valence electrons. The summed E-state index contributed by atoms with van der Waals surface area (Å²) in [5, 5.41) is 6.18. The van der Waals surface area contributed by atoms with Crippen molar-refractivity contribution in [3.8, 4) is 11.4 Å². The molecule has 3 aromatic carbocycles. The van der Waals surface area contributed by atoms with Gasteiger partial charge in [0, 0.05) is 55.1 Å². The fraction of sp³-hybridized carbons (Fsp3) is 0.333. The van der Waals surface area contributed by atoms with Crippen molar-refractivity contribution in [3.63, 3.8) is 0 Å². The first-order valence-corrected chi connectivity index (χ1v) is 13.4. The first kappa shape index (κ1) is 26.1. The van der Waals surface area contributed by atoms with Crippen molar-refractivity contribution < 1.29 is 18.3 Å².